The van der Waals surface area contributed by atoms with Gasteiger partial charge < -0.3 is 4.74 Å². The maximum Gasteiger partial charge on any atom is 0.340 e. The van der Waals surface area contributed by atoms with Crippen molar-refractivity contribution in [3.63, 3.8) is 0 Å². The monoisotopic (exact) mass is 308 g/mol. The van der Waals surface area contributed by atoms with Crippen LogP contribution in [0.1, 0.15) is 10.4 Å². The number of rotatable bonds is 2. The predicted octanol–water partition coefficient (Wildman–Crippen LogP) is 2.80. The van der Waals surface area contributed by atoms with Gasteiger partial charge in [-0.15, -0.1) is 11.8 Å². The third-order valence-corrected chi connectivity index (χ3v) is 3.26. The zero-order valence-corrected chi connectivity index (χ0v) is 10.3. The van der Waals surface area contributed by atoms with E-state index in [0.717, 1.165) is 8.47 Å². The van der Waals surface area contributed by atoms with Crippen molar-refractivity contribution in [3.8, 4) is 0 Å². The molecule has 0 heterocycles. The maximum absolute atomic E-state index is 11.4. The van der Waals surface area contributed by atoms with Crippen LogP contribution in [-0.4, -0.2) is 19.3 Å². The Labute approximate surface area is 95.2 Å². The molecular formula is C9H9IO2S. The van der Waals surface area contributed by atoms with E-state index in [9.17, 15) is 4.79 Å². The van der Waals surface area contributed by atoms with E-state index in [-0.39, 0.29) is 5.97 Å². The lowest BCUT2D eigenvalue weighted by atomic mass is 10.2. The Kier molecular flexibility index (Phi) is 4.05. The molecule has 0 aliphatic rings. The summed E-state index contributed by atoms with van der Waals surface area (Å²) in [4.78, 5) is 12.3. The van der Waals surface area contributed by atoms with Crippen LogP contribution in [0.3, 0.4) is 0 Å². The first-order chi connectivity index (χ1) is 6.20. The van der Waals surface area contributed by atoms with Gasteiger partial charge in [0.05, 0.1) is 12.7 Å². The van der Waals surface area contributed by atoms with Crippen molar-refractivity contribution < 1.29 is 9.53 Å². The molecule has 70 valence electrons. The highest BCUT2D eigenvalue weighted by molar-refractivity contribution is 14.1. The molecule has 0 N–H and O–H groups in total. The van der Waals surface area contributed by atoms with Gasteiger partial charge in [-0.2, -0.15) is 0 Å². The van der Waals surface area contributed by atoms with Crippen molar-refractivity contribution in [1.29, 1.82) is 0 Å². The summed E-state index contributed by atoms with van der Waals surface area (Å²) in [6.07, 6.45) is 1.94. The molecule has 2 nitrogen and oxygen atoms in total. The van der Waals surface area contributed by atoms with Crippen molar-refractivity contribution in [1.82, 2.24) is 0 Å². The highest BCUT2D eigenvalue weighted by Crippen LogP contribution is 2.25. The number of ether oxygens (including phenoxy) is 1. The third-order valence-electron chi connectivity index (χ3n) is 1.58. The van der Waals surface area contributed by atoms with Gasteiger partial charge in [-0.05, 0) is 41.0 Å². The van der Waals surface area contributed by atoms with E-state index in [4.69, 9.17) is 4.74 Å². The maximum atomic E-state index is 11.4. The molecular weight excluding hydrogens is 299 g/mol. The molecule has 0 amide bonds. The van der Waals surface area contributed by atoms with E-state index < -0.39 is 0 Å². The summed E-state index contributed by atoms with van der Waals surface area (Å²) in [7, 11) is 1.40. The van der Waals surface area contributed by atoms with E-state index >= 15 is 0 Å². The molecule has 0 spiro atoms. The van der Waals surface area contributed by atoms with Crippen molar-refractivity contribution in [3.05, 3.63) is 27.3 Å². The fraction of sp³-hybridized carbons (Fsp3) is 0.222. The Balaban J connectivity index is 3.22. The molecule has 0 aliphatic carbocycles. The highest BCUT2D eigenvalue weighted by Gasteiger charge is 2.14. The van der Waals surface area contributed by atoms with Gasteiger partial charge in [-0.25, -0.2) is 4.79 Å². The summed E-state index contributed by atoms with van der Waals surface area (Å²) in [5, 5.41) is 0. The van der Waals surface area contributed by atoms with Gasteiger partial charge in [0.2, 0.25) is 0 Å². The molecule has 0 bridgehead atoms. The molecule has 4 heteroatoms. The fourth-order valence-corrected chi connectivity index (χ4v) is 2.49. The van der Waals surface area contributed by atoms with Crippen molar-refractivity contribution in [2.45, 2.75) is 4.90 Å². The van der Waals surface area contributed by atoms with Crippen molar-refractivity contribution in [2.24, 2.45) is 0 Å². The number of thioether (sulfide) groups is 1. The molecule has 0 unspecified atom stereocenters. The van der Waals surface area contributed by atoms with Crippen LogP contribution >= 0.6 is 34.4 Å². The van der Waals surface area contributed by atoms with Gasteiger partial charge in [0.1, 0.15) is 0 Å². The molecule has 0 saturated carbocycles. The van der Waals surface area contributed by atoms with Crippen molar-refractivity contribution in [2.75, 3.05) is 13.4 Å². The Bertz CT molecular complexity index is 325. The first kappa shape index (κ1) is 10.8. The van der Waals surface area contributed by atoms with Crippen LogP contribution in [0.2, 0.25) is 0 Å². The smallest absolute Gasteiger partial charge is 0.340 e. The molecule has 1 aromatic rings. The lowest BCUT2D eigenvalue weighted by Crippen LogP contribution is -2.05. The van der Waals surface area contributed by atoms with Crippen LogP contribution in [-0.2, 0) is 4.74 Å². The van der Waals surface area contributed by atoms with Gasteiger partial charge in [-0.3, -0.25) is 0 Å². The lowest BCUT2D eigenvalue weighted by Gasteiger charge is -2.06. The first-order valence-corrected chi connectivity index (χ1v) is 5.92. The van der Waals surface area contributed by atoms with Crippen LogP contribution in [0.4, 0.5) is 0 Å². The molecule has 1 aromatic carbocycles. The number of esters is 1. The fourth-order valence-electron chi connectivity index (χ4n) is 0.975. The first-order valence-electron chi connectivity index (χ1n) is 3.61. The van der Waals surface area contributed by atoms with Gasteiger partial charge in [0, 0.05) is 8.47 Å². The number of carbonyl (C=O) groups excluding carboxylic acids is 1. The zero-order valence-electron chi connectivity index (χ0n) is 7.33. The van der Waals surface area contributed by atoms with Crippen molar-refractivity contribution >= 4 is 40.3 Å². The van der Waals surface area contributed by atoms with Crippen LogP contribution in [0, 0.1) is 3.57 Å². The summed E-state index contributed by atoms with van der Waals surface area (Å²) in [5.74, 6) is -0.269. The van der Waals surface area contributed by atoms with E-state index in [1.165, 1.54) is 7.11 Å². The summed E-state index contributed by atoms with van der Waals surface area (Å²) >= 11 is 3.68. The summed E-state index contributed by atoms with van der Waals surface area (Å²) in [6, 6.07) is 5.74. The van der Waals surface area contributed by atoms with Gasteiger partial charge in [0.25, 0.3) is 0 Å². The predicted molar refractivity (Wildman–Crippen MR) is 62.3 cm³/mol. The number of carbonyl (C=O) groups is 1. The molecule has 0 aromatic heterocycles. The second kappa shape index (κ2) is 4.85. The summed E-state index contributed by atoms with van der Waals surface area (Å²) < 4.78 is 5.63. The van der Waals surface area contributed by atoms with E-state index in [1.807, 2.05) is 24.5 Å². The minimum absolute atomic E-state index is 0.269. The number of benzene rings is 1. The average molecular weight is 308 g/mol. The normalized spacial score (nSPS) is 9.77. The SMILES string of the molecule is COC(=O)c1c(I)cccc1SC. The topological polar surface area (TPSA) is 26.3 Å². The molecule has 0 radical (unpaired) electrons. The van der Waals surface area contributed by atoms with Crippen LogP contribution in [0.25, 0.3) is 0 Å². The Hall–Kier alpha value is -0.230. The van der Waals surface area contributed by atoms with Gasteiger partial charge in [0.15, 0.2) is 0 Å². The number of methoxy groups -OCH3 is 1. The van der Waals surface area contributed by atoms with Crippen LogP contribution < -0.4 is 0 Å². The van der Waals surface area contributed by atoms with E-state index in [2.05, 4.69) is 22.6 Å². The molecule has 0 aliphatic heterocycles. The average Bonchev–Trinajstić information content (AvgIpc) is 2.16. The van der Waals surface area contributed by atoms with Crippen LogP contribution in [0.5, 0.6) is 0 Å². The molecule has 13 heavy (non-hydrogen) atoms. The van der Waals surface area contributed by atoms with E-state index in [0.29, 0.717) is 5.56 Å². The number of hydrogen-bond donors (Lipinski definition) is 0. The Morgan fingerprint density at radius 1 is 1.54 bits per heavy atom. The molecule has 0 saturated heterocycles. The Morgan fingerprint density at radius 3 is 2.77 bits per heavy atom. The standard InChI is InChI=1S/C9H9IO2S/c1-12-9(11)8-6(10)4-3-5-7(8)13-2/h3-5H,1-2H3. The van der Waals surface area contributed by atoms with Crippen LogP contribution in [0.15, 0.2) is 23.1 Å². The Morgan fingerprint density at radius 2 is 2.23 bits per heavy atom. The second-order valence-electron chi connectivity index (χ2n) is 2.31. The van der Waals surface area contributed by atoms with Gasteiger partial charge in [-0.1, -0.05) is 6.07 Å². The minimum atomic E-state index is -0.269. The molecule has 0 fully saturated rings. The largest absolute Gasteiger partial charge is 0.465 e. The number of halogens is 1. The minimum Gasteiger partial charge on any atom is -0.465 e. The van der Waals surface area contributed by atoms with Gasteiger partial charge >= 0.3 is 5.97 Å². The quantitative estimate of drug-likeness (QED) is 0.477. The highest BCUT2D eigenvalue weighted by atomic mass is 127. The summed E-state index contributed by atoms with van der Waals surface area (Å²) in [5.41, 5.74) is 0.665. The lowest BCUT2D eigenvalue weighted by molar-refractivity contribution is 0.0595. The second-order valence-corrected chi connectivity index (χ2v) is 4.32. The third kappa shape index (κ3) is 2.37. The summed E-state index contributed by atoms with van der Waals surface area (Å²) in [6.45, 7) is 0. The van der Waals surface area contributed by atoms with E-state index in [1.54, 1.807) is 11.8 Å². The zero-order chi connectivity index (χ0) is 9.84. The molecule has 1 rings (SSSR count). The number of hydrogen-bond acceptors (Lipinski definition) is 3. The molecule has 0 atom stereocenters.